The summed E-state index contributed by atoms with van der Waals surface area (Å²) in [5, 5.41) is 13.7. The van der Waals surface area contributed by atoms with Crippen LogP contribution in [-0.4, -0.2) is 54.8 Å². The number of likely N-dealkylation sites (N-methyl/N-ethyl adjacent to an activating group) is 1. The lowest BCUT2D eigenvalue weighted by molar-refractivity contribution is 0.0864. The number of aliphatic hydroxyl groups is 1. The van der Waals surface area contributed by atoms with Crippen molar-refractivity contribution in [3.8, 4) is 5.75 Å². The van der Waals surface area contributed by atoms with E-state index in [1.807, 2.05) is 0 Å². The van der Waals surface area contributed by atoms with E-state index in [0.29, 0.717) is 5.75 Å². The van der Waals surface area contributed by atoms with Crippen molar-refractivity contribution < 1.29 is 9.84 Å². The van der Waals surface area contributed by atoms with Gasteiger partial charge >= 0.3 is 0 Å². The summed E-state index contributed by atoms with van der Waals surface area (Å²) in [5.41, 5.74) is 0.739. The first kappa shape index (κ1) is 15.2. The van der Waals surface area contributed by atoms with Crippen LogP contribution in [0.4, 0.5) is 0 Å². The van der Waals surface area contributed by atoms with Crippen molar-refractivity contribution in [2.24, 2.45) is 0 Å². The minimum Gasteiger partial charge on any atom is -0.496 e. The van der Waals surface area contributed by atoms with Crippen LogP contribution in [0.25, 0.3) is 0 Å². The van der Waals surface area contributed by atoms with Gasteiger partial charge in [0.1, 0.15) is 11.9 Å². The summed E-state index contributed by atoms with van der Waals surface area (Å²) in [6, 6.07) is 1.79. The molecule has 0 aromatic carbocycles. The van der Waals surface area contributed by atoms with E-state index < -0.39 is 6.10 Å². The van der Waals surface area contributed by atoms with Gasteiger partial charge in [-0.3, -0.25) is 4.98 Å². The maximum atomic E-state index is 10.4. The second-order valence-corrected chi connectivity index (χ2v) is 4.39. The first-order valence-electron chi connectivity index (χ1n) is 5.80. The van der Waals surface area contributed by atoms with Gasteiger partial charge in [0.05, 0.1) is 13.2 Å². The van der Waals surface area contributed by atoms with E-state index in [9.17, 15) is 5.11 Å². The standard InChI is InChI=1S/C12H19N3O2.ClH/c1-15-6-5-14-10(8-15)12(16)9-7-13-4-3-11(9)17-2;/h3-4,7,10,12,14,16H,5-6,8H2,1-2H3;1H/t10-,12?;/m1./s1. The zero-order chi connectivity index (χ0) is 12.3. The average Bonchev–Trinajstić information content (AvgIpc) is 2.38. The largest absolute Gasteiger partial charge is 0.496 e. The number of nitrogens with one attached hydrogen (secondary N) is 1. The van der Waals surface area contributed by atoms with Crippen LogP contribution in [0.5, 0.6) is 5.75 Å². The smallest absolute Gasteiger partial charge is 0.127 e. The van der Waals surface area contributed by atoms with Gasteiger partial charge < -0.3 is 20.1 Å². The van der Waals surface area contributed by atoms with E-state index >= 15 is 0 Å². The molecule has 2 N–H and O–H groups in total. The summed E-state index contributed by atoms with van der Waals surface area (Å²) >= 11 is 0. The lowest BCUT2D eigenvalue weighted by Gasteiger charge is -2.34. The van der Waals surface area contributed by atoms with Crippen molar-refractivity contribution in [2.45, 2.75) is 12.1 Å². The SMILES string of the molecule is COc1ccncc1C(O)[C@H]1CN(C)CCN1.Cl. The third-order valence-electron chi connectivity index (χ3n) is 3.14. The molecule has 1 aromatic heterocycles. The van der Waals surface area contributed by atoms with Gasteiger partial charge in [0.25, 0.3) is 0 Å². The van der Waals surface area contributed by atoms with Crippen molar-refractivity contribution in [1.82, 2.24) is 15.2 Å². The first-order chi connectivity index (χ1) is 8.22. The highest BCUT2D eigenvalue weighted by molar-refractivity contribution is 5.85. The number of ether oxygens (including phenoxy) is 1. The zero-order valence-corrected chi connectivity index (χ0v) is 11.5. The fraction of sp³-hybridized carbons (Fsp3) is 0.583. The molecule has 0 radical (unpaired) electrons. The summed E-state index contributed by atoms with van der Waals surface area (Å²) in [7, 11) is 3.66. The van der Waals surface area contributed by atoms with E-state index in [1.54, 1.807) is 25.6 Å². The van der Waals surface area contributed by atoms with E-state index in [1.165, 1.54) is 0 Å². The quantitative estimate of drug-likeness (QED) is 0.837. The van der Waals surface area contributed by atoms with Crippen LogP contribution >= 0.6 is 12.4 Å². The second-order valence-electron chi connectivity index (χ2n) is 4.39. The molecule has 1 aromatic rings. The van der Waals surface area contributed by atoms with Crippen molar-refractivity contribution in [3.05, 3.63) is 24.0 Å². The van der Waals surface area contributed by atoms with Gasteiger partial charge in [-0.1, -0.05) is 0 Å². The first-order valence-corrected chi connectivity index (χ1v) is 5.80. The molecule has 0 aliphatic carbocycles. The van der Waals surface area contributed by atoms with Gasteiger partial charge in [0.2, 0.25) is 0 Å². The van der Waals surface area contributed by atoms with Crippen LogP contribution < -0.4 is 10.1 Å². The fourth-order valence-corrected chi connectivity index (χ4v) is 2.16. The summed E-state index contributed by atoms with van der Waals surface area (Å²) in [4.78, 5) is 6.25. The Balaban J connectivity index is 0.00000162. The lowest BCUT2D eigenvalue weighted by Crippen LogP contribution is -2.51. The number of hydrogen-bond acceptors (Lipinski definition) is 5. The van der Waals surface area contributed by atoms with Crippen LogP contribution in [0.3, 0.4) is 0 Å². The molecular weight excluding hydrogens is 254 g/mol. The number of hydrogen-bond donors (Lipinski definition) is 2. The van der Waals surface area contributed by atoms with Gasteiger partial charge in [0.15, 0.2) is 0 Å². The molecule has 0 saturated carbocycles. The Hall–Kier alpha value is -0.880. The monoisotopic (exact) mass is 273 g/mol. The van der Waals surface area contributed by atoms with Crippen molar-refractivity contribution >= 4 is 12.4 Å². The number of rotatable bonds is 3. The van der Waals surface area contributed by atoms with Gasteiger partial charge in [-0.05, 0) is 13.1 Å². The maximum Gasteiger partial charge on any atom is 0.127 e. The molecule has 1 fully saturated rings. The predicted molar refractivity (Wildman–Crippen MR) is 72.3 cm³/mol. The van der Waals surface area contributed by atoms with Crippen LogP contribution in [0.2, 0.25) is 0 Å². The van der Waals surface area contributed by atoms with Gasteiger partial charge in [-0.2, -0.15) is 0 Å². The Kier molecular flexibility index (Phi) is 5.81. The number of nitrogens with zero attached hydrogens (tertiary/aromatic N) is 2. The van der Waals surface area contributed by atoms with Crippen molar-refractivity contribution in [1.29, 1.82) is 0 Å². The number of halogens is 1. The molecule has 5 nitrogen and oxygen atoms in total. The molecule has 0 bridgehead atoms. The van der Waals surface area contributed by atoms with Gasteiger partial charge in [0, 0.05) is 37.6 Å². The molecule has 6 heteroatoms. The summed E-state index contributed by atoms with van der Waals surface area (Å²) < 4.78 is 5.24. The van der Waals surface area contributed by atoms with E-state index in [4.69, 9.17) is 4.74 Å². The molecule has 2 rings (SSSR count). The summed E-state index contributed by atoms with van der Waals surface area (Å²) in [5.74, 6) is 0.683. The molecule has 2 atom stereocenters. The Morgan fingerprint density at radius 3 is 3.06 bits per heavy atom. The highest BCUT2D eigenvalue weighted by atomic mass is 35.5. The minimum atomic E-state index is -0.596. The van der Waals surface area contributed by atoms with Crippen molar-refractivity contribution in [2.75, 3.05) is 33.8 Å². The average molecular weight is 274 g/mol. The second kappa shape index (κ2) is 6.89. The van der Waals surface area contributed by atoms with Crippen LogP contribution in [0.1, 0.15) is 11.7 Å². The predicted octanol–water partition coefficient (Wildman–Crippen LogP) is 0.449. The lowest BCUT2D eigenvalue weighted by atomic mass is 10.0. The fourth-order valence-electron chi connectivity index (χ4n) is 2.16. The molecule has 1 aliphatic rings. The highest BCUT2D eigenvalue weighted by Crippen LogP contribution is 2.26. The molecule has 0 amide bonds. The maximum absolute atomic E-state index is 10.4. The molecule has 1 aliphatic heterocycles. The van der Waals surface area contributed by atoms with Crippen molar-refractivity contribution in [3.63, 3.8) is 0 Å². The number of aromatic nitrogens is 1. The highest BCUT2D eigenvalue weighted by Gasteiger charge is 2.27. The van der Waals surface area contributed by atoms with E-state index in [-0.39, 0.29) is 18.4 Å². The Labute approximate surface area is 114 Å². The number of methoxy groups -OCH3 is 1. The van der Waals surface area contributed by atoms with Gasteiger partial charge in [-0.15, -0.1) is 12.4 Å². The Morgan fingerprint density at radius 2 is 2.39 bits per heavy atom. The third kappa shape index (κ3) is 3.32. The molecule has 102 valence electrons. The normalized spacial score (nSPS) is 22.1. The van der Waals surface area contributed by atoms with E-state index in [0.717, 1.165) is 25.2 Å². The minimum absolute atomic E-state index is 0. The molecule has 18 heavy (non-hydrogen) atoms. The Morgan fingerprint density at radius 1 is 1.61 bits per heavy atom. The number of pyridine rings is 1. The summed E-state index contributed by atoms with van der Waals surface area (Å²) in [6.45, 7) is 2.72. The molecule has 0 spiro atoms. The van der Waals surface area contributed by atoms with E-state index in [2.05, 4.69) is 22.2 Å². The number of aliphatic hydroxyl groups excluding tert-OH is 1. The van der Waals surface area contributed by atoms with Gasteiger partial charge in [-0.25, -0.2) is 0 Å². The van der Waals surface area contributed by atoms with Crippen LogP contribution in [-0.2, 0) is 0 Å². The molecule has 1 unspecified atom stereocenters. The topological polar surface area (TPSA) is 57.6 Å². The molecule has 1 saturated heterocycles. The van der Waals surface area contributed by atoms with Crippen LogP contribution in [0.15, 0.2) is 18.5 Å². The number of piperazine rings is 1. The summed E-state index contributed by atoms with van der Waals surface area (Å²) in [6.07, 6.45) is 2.73. The third-order valence-corrected chi connectivity index (χ3v) is 3.14. The Bertz CT molecular complexity index is 378. The molecular formula is C12H20ClN3O2. The zero-order valence-electron chi connectivity index (χ0n) is 10.7. The molecule has 2 heterocycles. The van der Waals surface area contributed by atoms with Crippen LogP contribution in [0, 0.1) is 0 Å².